The maximum Gasteiger partial charge on any atom is 0.288 e. The number of aromatic nitrogens is 3. The Morgan fingerprint density at radius 3 is 2.65 bits per heavy atom. The summed E-state index contributed by atoms with van der Waals surface area (Å²) >= 11 is 0. The lowest BCUT2D eigenvalue weighted by Crippen LogP contribution is -2.22. The van der Waals surface area contributed by atoms with E-state index in [1.807, 2.05) is 30.3 Å². The first-order valence-corrected chi connectivity index (χ1v) is 5.36. The highest BCUT2D eigenvalue weighted by Gasteiger charge is 2.14. The summed E-state index contributed by atoms with van der Waals surface area (Å²) in [4.78, 5) is 11.5. The third-order valence-corrected chi connectivity index (χ3v) is 2.60. The standard InChI is InChI=1S/C12H14N4O/c1-13-12(17)11-15-14-10(16(11)2)8-9-6-4-3-5-7-9/h3-7H,8H2,1-2H3,(H,13,17). The van der Waals surface area contributed by atoms with Gasteiger partial charge in [-0.25, -0.2) is 0 Å². The van der Waals surface area contributed by atoms with Crippen LogP contribution in [-0.4, -0.2) is 27.7 Å². The van der Waals surface area contributed by atoms with E-state index >= 15 is 0 Å². The molecule has 17 heavy (non-hydrogen) atoms. The summed E-state index contributed by atoms with van der Waals surface area (Å²) in [6.45, 7) is 0. The zero-order valence-corrected chi connectivity index (χ0v) is 9.84. The minimum atomic E-state index is -0.223. The Morgan fingerprint density at radius 2 is 2.00 bits per heavy atom. The second kappa shape index (κ2) is 4.78. The zero-order chi connectivity index (χ0) is 12.3. The molecule has 0 fully saturated rings. The van der Waals surface area contributed by atoms with E-state index in [1.54, 1.807) is 18.7 Å². The summed E-state index contributed by atoms with van der Waals surface area (Å²) < 4.78 is 1.71. The highest BCUT2D eigenvalue weighted by molar-refractivity contribution is 5.90. The number of carbonyl (C=O) groups is 1. The van der Waals surface area contributed by atoms with Crippen LogP contribution in [-0.2, 0) is 13.5 Å². The Labute approximate surface area is 99.5 Å². The van der Waals surface area contributed by atoms with Crippen LogP contribution in [0.2, 0.25) is 0 Å². The molecule has 5 nitrogen and oxygen atoms in total. The molecule has 1 aromatic carbocycles. The van der Waals surface area contributed by atoms with Gasteiger partial charge < -0.3 is 9.88 Å². The van der Waals surface area contributed by atoms with Gasteiger partial charge in [-0.05, 0) is 5.56 Å². The van der Waals surface area contributed by atoms with Crippen molar-refractivity contribution in [1.82, 2.24) is 20.1 Å². The lowest BCUT2D eigenvalue weighted by molar-refractivity contribution is 0.0949. The summed E-state index contributed by atoms with van der Waals surface area (Å²) in [5.41, 5.74) is 1.14. The average Bonchev–Trinajstić information content (AvgIpc) is 2.72. The number of hydrogen-bond acceptors (Lipinski definition) is 3. The summed E-state index contributed by atoms with van der Waals surface area (Å²) in [5.74, 6) is 0.882. The van der Waals surface area contributed by atoms with Gasteiger partial charge in [-0.1, -0.05) is 30.3 Å². The molecule has 5 heteroatoms. The second-order valence-corrected chi connectivity index (χ2v) is 3.74. The molecule has 88 valence electrons. The Kier molecular flexibility index (Phi) is 3.18. The molecular formula is C12H14N4O. The molecule has 0 spiro atoms. The van der Waals surface area contributed by atoms with Crippen LogP contribution in [0.1, 0.15) is 22.0 Å². The van der Waals surface area contributed by atoms with E-state index in [-0.39, 0.29) is 5.91 Å². The smallest absolute Gasteiger partial charge is 0.288 e. The third-order valence-electron chi connectivity index (χ3n) is 2.60. The normalized spacial score (nSPS) is 10.2. The van der Waals surface area contributed by atoms with Gasteiger partial charge in [0.2, 0.25) is 5.82 Å². The predicted molar refractivity (Wildman–Crippen MR) is 63.6 cm³/mol. The molecule has 0 bridgehead atoms. The molecule has 0 aliphatic heterocycles. The minimum Gasteiger partial charge on any atom is -0.352 e. The predicted octanol–water partition coefficient (Wildman–Crippen LogP) is 0.765. The lowest BCUT2D eigenvalue weighted by Gasteiger charge is -2.03. The monoisotopic (exact) mass is 230 g/mol. The van der Waals surface area contributed by atoms with E-state index in [0.717, 1.165) is 11.4 Å². The van der Waals surface area contributed by atoms with Gasteiger partial charge in [-0.15, -0.1) is 10.2 Å². The summed E-state index contributed by atoms with van der Waals surface area (Å²) in [6.07, 6.45) is 0.668. The molecular weight excluding hydrogens is 216 g/mol. The van der Waals surface area contributed by atoms with Crippen molar-refractivity contribution in [2.24, 2.45) is 7.05 Å². The van der Waals surface area contributed by atoms with Crippen molar-refractivity contribution in [1.29, 1.82) is 0 Å². The molecule has 0 atom stereocenters. The fourth-order valence-corrected chi connectivity index (χ4v) is 1.60. The molecule has 1 amide bonds. The number of nitrogens with one attached hydrogen (secondary N) is 1. The molecule has 2 rings (SSSR count). The lowest BCUT2D eigenvalue weighted by atomic mass is 10.1. The molecule has 0 saturated heterocycles. The molecule has 1 N–H and O–H groups in total. The maximum atomic E-state index is 11.5. The van der Waals surface area contributed by atoms with E-state index in [2.05, 4.69) is 15.5 Å². The average molecular weight is 230 g/mol. The van der Waals surface area contributed by atoms with E-state index < -0.39 is 0 Å². The first-order chi connectivity index (χ1) is 8.22. The van der Waals surface area contributed by atoms with Gasteiger partial charge in [0.05, 0.1) is 0 Å². The van der Waals surface area contributed by atoms with Gasteiger partial charge in [0.15, 0.2) is 0 Å². The van der Waals surface area contributed by atoms with Crippen LogP contribution in [0.25, 0.3) is 0 Å². The number of rotatable bonds is 3. The first-order valence-electron chi connectivity index (χ1n) is 5.36. The van der Waals surface area contributed by atoms with E-state index in [0.29, 0.717) is 12.2 Å². The number of hydrogen-bond donors (Lipinski definition) is 1. The SMILES string of the molecule is CNC(=O)c1nnc(Cc2ccccc2)n1C. The number of carbonyl (C=O) groups excluding carboxylic acids is 1. The van der Waals surface area contributed by atoms with Crippen molar-refractivity contribution in [3.63, 3.8) is 0 Å². The van der Waals surface area contributed by atoms with Gasteiger partial charge >= 0.3 is 0 Å². The van der Waals surface area contributed by atoms with Crippen LogP contribution in [0.4, 0.5) is 0 Å². The van der Waals surface area contributed by atoms with Crippen molar-refractivity contribution in [2.75, 3.05) is 7.05 Å². The number of amides is 1. The molecule has 1 heterocycles. The summed E-state index contributed by atoms with van der Waals surface area (Å²) in [6, 6.07) is 9.97. The van der Waals surface area contributed by atoms with E-state index in [4.69, 9.17) is 0 Å². The van der Waals surface area contributed by atoms with Gasteiger partial charge in [0.25, 0.3) is 5.91 Å². The molecule has 0 radical (unpaired) electrons. The van der Waals surface area contributed by atoms with Crippen LogP contribution in [0.3, 0.4) is 0 Å². The van der Waals surface area contributed by atoms with Crippen LogP contribution < -0.4 is 5.32 Å². The van der Waals surface area contributed by atoms with Crippen molar-refractivity contribution in [3.8, 4) is 0 Å². The summed E-state index contributed by atoms with van der Waals surface area (Å²) in [7, 11) is 3.37. The number of benzene rings is 1. The molecule has 1 aromatic heterocycles. The van der Waals surface area contributed by atoms with Gasteiger partial charge in [-0.3, -0.25) is 4.79 Å². The molecule has 0 aliphatic rings. The van der Waals surface area contributed by atoms with E-state index in [9.17, 15) is 4.79 Å². The quantitative estimate of drug-likeness (QED) is 0.847. The Balaban J connectivity index is 2.24. The molecule has 0 unspecified atom stereocenters. The van der Waals surface area contributed by atoms with Crippen molar-refractivity contribution >= 4 is 5.91 Å². The fraction of sp³-hybridized carbons (Fsp3) is 0.250. The van der Waals surface area contributed by atoms with E-state index in [1.165, 1.54) is 0 Å². The first kappa shape index (κ1) is 11.3. The van der Waals surface area contributed by atoms with Crippen LogP contribution in [0.5, 0.6) is 0 Å². The zero-order valence-electron chi connectivity index (χ0n) is 9.84. The van der Waals surface area contributed by atoms with Crippen molar-refractivity contribution in [2.45, 2.75) is 6.42 Å². The minimum absolute atomic E-state index is 0.223. The Hall–Kier alpha value is -2.17. The Bertz CT molecular complexity index is 519. The van der Waals surface area contributed by atoms with Gasteiger partial charge in [0, 0.05) is 20.5 Å². The molecule has 0 aliphatic carbocycles. The van der Waals surface area contributed by atoms with Crippen LogP contribution in [0.15, 0.2) is 30.3 Å². The van der Waals surface area contributed by atoms with Crippen molar-refractivity contribution in [3.05, 3.63) is 47.5 Å². The molecule has 0 saturated carbocycles. The highest BCUT2D eigenvalue weighted by Crippen LogP contribution is 2.07. The second-order valence-electron chi connectivity index (χ2n) is 3.74. The van der Waals surface area contributed by atoms with Crippen molar-refractivity contribution < 1.29 is 4.79 Å². The molecule has 2 aromatic rings. The van der Waals surface area contributed by atoms with Gasteiger partial charge in [0.1, 0.15) is 5.82 Å². The highest BCUT2D eigenvalue weighted by atomic mass is 16.2. The fourth-order valence-electron chi connectivity index (χ4n) is 1.60. The topological polar surface area (TPSA) is 59.8 Å². The Morgan fingerprint density at radius 1 is 1.29 bits per heavy atom. The number of nitrogens with zero attached hydrogens (tertiary/aromatic N) is 3. The van der Waals surface area contributed by atoms with Gasteiger partial charge in [-0.2, -0.15) is 0 Å². The van der Waals surface area contributed by atoms with Crippen LogP contribution >= 0.6 is 0 Å². The van der Waals surface area contributed by atoms with Crippen LogP contribution in [0, 0.1) is 0 Å². The third kappa shape index (κ3) is 2.33. The summed E-state index contributed by atoms with van der Waals surface area (Å²) in [5, 5.41) is 10.5. The maximum absolute atomic E-state index is 11.5. The largest absolute Gasteiger partial charge is 0.352 e.